The van der Waals surface area contributed by atoms with Crippen molar-refractivity contribution in [2.45, 2.75) is 25.7 Å². The second kappa shape index (κ2) is 4.84. The van der Waals surface area contributed by atoms with Gasteiger partial charge >= 0.3 is 0 Å². The SMILES string of the molecule is Nc1cc(Br)cnc1N1CCCCCC1. The summed E-state index contributed by atoms with van der Waals surface area (Å²) < 4.78 is 0.943. The number of hydrogen-bond donors (Lipinski definition) is 1. The molecule has 3 nitrogen and oxygen atoms in total. The van der Waals surface area contributed by atoms with Crippen LogP contribution in [0, 0.1) is 0 Å². The zero-order valence-electron chi connectivity index (χ0n) is 8.75. The Morgan fingerprint density at radius 3 is 2.47 bits per heavy atom. The molecule has 2 N–H and O–H groups in total. The second-order valence-corrected chi connectivity index (χ2v) is 4.88. The Morgan fingerprint density at radius 2 is 1.87 bits per heavy atom. The Labute approximate surface area is 98.8 Å². The van der Waals surface area contributed by atoms with E-state index in [1.54, 1.807) is 0 Å². The highest BCUT2D eigenvalue weighted by Gasteiger charge is 2.13. The molecule has 1 aliphatic rings. The Kier molecular flexibility index (Phi) is 3.46. The number of nitrogens with two attached hydrogens (primary N) is 1. The van der Waals surface area contributed by atoms with Gasteiger partial charge in [0.15, 0.2) is 5.82 Å². The first-order valence-corrected chi connectivity index (χ1v) is 6.22. The van der Waals surface area contributed by atoms with Crippen molar-refractivity contribution in [1.82, 2.24) is 4.98 Å². The summed E-state index contributed by atoms with van der Waals surface area (Å²) in [7, 11) is 0. The predicted molar refractivity (Wildman–Crippen MR) is 67.0 cm³/mol. The van der Waals surface area contributed by atoms with Crippen molar-refractivity contribution < 1.29 is 0 Å². The molecule has 15 heavy (non-hydrogen) atoms. The maximum absolute atomic E-state index is 5.97. The van der Waals surface area contributed by atoms with Crippen LogP contribution in [0.25, 0.3) is 0 Å². The number of aromatic nitrogens is 1. The van der Waals surface area contributed by atoms with E-state index in [1.165, 1.54) is 25.7 Å². The molecular formula is C11H16BrN3. The molecule has 2 heterocycles. The van der Waals surface area contributed by atoms with Crippen LogP contribution in [0.1, 0.15) is 25.7 Å². The quantitative estimate of drug-likeness (QED) is 0.853. The van der Waals surface area contributed by atoms with Gasteiger partial charge in [-0.05, 0) is 34.8 Å². The summed E-state index contributed by atoms with van der Waals surface area (Å²) in [6, 6.07) is 1.92. The van der Waals surface area contributed by atoms with E-state index in [0.29, 0.717) is 0 Å². The van der Waals surface area contributed by atoms with Crippen LogP contribution < -0.4 is 10.6 Å². The van der Waals surface area contributed by atoms with Gasteiger partial charge in [0.05, 0.1) is 5.69 Å². The average molecular weight is 270 g/mol. The van der Waals surface area contributed by atoms with Crippen molar-refractivity contribution in [1.29, 1.82) is 0 Å². The molecule has 1 saturated heterocycles. The van der Waals surface area contributed by atoms with Gasteiger partial charge in [-0.15, -0.1) is 0 Å². The van der Waals surface area contributed by atoms with Gasteiger partial charge in [-0.1, -0.05) is 12.8 Å². The number of rotatable bonds is 1. The van der Waals surface area contributed by atoms with Crippen LogP contribution in [0.4, 0.5) is 11.5 Å². The average Bonchev–Trinajstić information content (AvgIpc) is 2.46. The monoisotopic (exact) mass is 269 g/mol. The highest BCUT2D eigenvalue weighted by Crippen LogP contribution is 2.25. The van der Waals surface area contributed by atoms with Crippen molar-refractivity contribution in [3.8, 4) is 0 Å². The number of nitrogens with zero attached hydrogens (tertiary/aromatic N) is 2. The summed E-state index contributed by atoms with van der Waals surface area (Å²) in [5.41, 5.74) is 6.74. The summed E-state index contributed by atoms with van der Waals surface area (Å²) in [4.78, 5) is 6.70. The minimum absolute atomic E-state index is 0.770. The van der Waals surface area contributed by atoms with Crippen LogP contribution in [0.5, 0.6) is 0 Å². The summed E-state index contributed by atoms with van der Waals surface area (Å²) in [5, 5.41) is 0. The molecule has 2 rings (SSSR count). The molecule has 0 bridgehead atoms. The van der Waals surface area contributed by atoms with Gasteiger partial charge < -0.3 is 10.6 Å². The molecule has 1 aromatic rings. The predicted octanol–water partition coefficient (Wildman–Crippen LogP) is 2.81. The van der Waals surface area contributed by atoms with Crippen LogP contribution in [0.3, 0.4) is 0 Å². The van der Waals surface area contributed by atoms with Crippen LogP contribution >= 0.6 is 15.9 Å². The van der Waals surface area contributed by atoms with Crippen molar-refractivity contribution in [2.75, 3.05) is 23.7 Å². The molecule has 0 radical (unpaired) electrons. The molecule has 0 spiro atoms. The maximum Gasteiger partial charge on any atom is 0.151 e. The highest BCUT2D eigenvalue weighted by molar-refractivity contribution is 9.10. The van der Waals surface area contributed by atoms with E-state index in [9.17, 15) is 0 Å². The third-order valence-electron chi connectivity index (χ3n) is 2.77. The van der Waals surface area contributed by atoms with Gasteiger partial charge in [0, 0.05) is 23.8 Å². The lowest BCUT2D eigenvalue weighted by molar-refractivity contribution is 0.726. The fraction of sp³-hybridized carbons (Fsp3) is 0.545. The maximum atomic E-state index is 5.97. The Balaban J connectivity index is 2.19. The van der Waals surface area contributed by atoms with Crippen molar-refractivity contribution >= 4 is 27.4 Å². The first-order chi connectivity index (χ1) is 7.27. The van der Waals surface area contributed by atoms with Gasteiger partial charge in [0.1, 0.15) is 0 Å². The van der Waals surface area contributed by atoms with E-state index >= 15 is 0 Å². The molecule has 1 aliphatic heterocycles. The van der Waals surface area contributed by atoms with E-state index in [-0.39, 0.29) is 0 Å². The normalized spacial score (nSPS) is 17.5. The standard InChI is InChI=1S/C11H16BrN3/c12-9-7-10(13)11(14-8-9)15-5-3-1-2-4-6-15/h7-8H,1-6,13H2. The lowest BCUT2D eigenvalue weighted by Crippen LogP contribution is -2.25. The van der Waals surface area contributed by atoms with Crippen molar-refractivity contribution in [3.63, 3.8) is 0 Å². The second-order valence-electron chi connectivity index (χ2n) is 3.97. The third-order valence-corrected chi connectivity index (χ3v) is 3.20. The molecule has 82 valence electrons. The molecule has 1 fully saturated rings. The number of pyridine rings is 1. The zero-order chi connectivity index (χ0) is 10.7. The van der Waals surface area contributed by atoms with Gasteiger partial charge in [-0.3, -0.25) is 0 Å². The van der Waals surface area contributed by atoms with Gasteiger partial charge in [-0.2, -0.15) is 0 Å². The molecule has 0 aromatic carbocycles. The number of nitrogen functional groups attached to an aromatic ring is 1. The Bertz CT molecular complexity index is 333. The zero-order valence-corrected chi connectivity index (χ0v) is 10.3. The number of halogens is 1. The first-order valence-electron chi connectivity index (χ1n) is 5.43. The van der Waals surface area contributed by atoms with E-state index in [0.717, 1.165) is 29.1 Å². The summed E-state index contributed by atoms with van der Waals surface area (Å²) >= 11 is 3.37. The van der Waals surface area contributed by atoms with Crippen LogP contribution in [-0.4, -0.2) is 18.1 Å². The van der Waals surface area contributed by atoms with E-state index in [1.807, 2.05) is 12.3 Å². The van der Waals surface area contributed by atoms with E-state index < -0.39 is 0 Å². The molecule has 0 amide bonds. The van der Waals surface area contributed by atoms with Gasteiger partial charge in [0.25, 0.3) is 0 Å². The number of hydrogen-bond acceptors (Lipinski definition) is 3. The summed E-state index contributed by atoms with van der Waals surface area (Å²) in [5.74, 6) is 0.945. The minimum Gasteiger partial charge on any atom is -0.396 e. The van der Waals surface area contributed by atoms with E-state index in [4.69, 9.17) is 5.73 Å². The summed E-state index contributed by atoms with van der Waals surface area (Å²) in [6.45, 7) is 2.16. The Morgan fingerprint density at radius 1 is 1.20 bits per heavy atom. The largest absolute Gasteiger partial charge is 0.396 e. The molecule has 0 saturated carbocycles. The lowest BCUT2D eigenvalue weighted by atomic mass is 10.2. The van der Waals surface area contributed by atoms with Crippen LogP contribution in [0.15, 0.2) is 16.7 Å². The topological polar surface area (TPSA) is 42.1 Å². The molecule has 0 unspecified atom stereocenters. The van der Waals surface area contributed by atoms with Crippen LogP contribution in [-0.2, 0) is 0 Å². The van der Waals surface area contributed by atoms with E-state index in [2.05, 4.69) is 25.8 Å². The minimum atomic E-state index is 0.770. The molecular weight excluding hydrogens is 254 g/mol. The van der Waals surface area contributed by atoms with Crippen molar-refractivity contribution in [3.05, 3.63) is 16.7 Å². The molecule has 4 heteroatoms. The lowest BCUT2D eigenvalue weighted by Gasteiger charge is -2.22. The molecule has 0 aliphatic carbocycles. The smallest absolute Gasteiger partial charge is 0.151 e. The fourth-order valence-corrected chi connectivity index (χ4v) is 2.34. The first kappa shape index (κ1) is 10.7. The molecule has 1 aromatic heterocycles. The van der Waals surface area contributed by atoms with Gasteiger partial charge in [0.2, 0.25) is 0 Å². The fourth-order valence-electron chi connectivity index (χ4n) is 1.99. The van der Waals surface area contributed by atoms with Crippen LogP contribution in [0.2, 0.25) is 0 Å². The van der Waals surface area contributed by atoms with Crippen molar-refractivity contribution in [2.24, 2.45) is 0 Å². The molecule has 0 atom stereocenters. The summed E-state index contributed by atoms with van der Waals surface area (Å²) in [6.07, 6.45) is 6.96. The van der Waals surface area contributed by atoms with Gasteiger partial charge in [-0.25, -0.2) is 4.98 Å². The Hall–Kier alpha value is -0.770. The number of anilines is 2. The third kappa shape index (κ3) is 2.62. The highest BCUT2D eigenvalue weighted by atomic mass is 79.9.